The van der Waals surface area contributed by atoms with Gasteiger partial charge in [-0.15, -0.1) is 0 Å². The van der Waals surface area contributed by atoms with Crippen molar-refractivity contribution in [2.45, 2.75) is 19.5 Å². The normalized spacial score (nSPS) is 13.4. The van der Waals surface area contributed by atoms with Crippen LogP contribution in [0.15, 0.2) is 36.4 Å². The highest BCUT2D eigenvalue weighted by Gasteiger charge is 2.20. The van der Waals surface area contributed by atoms with Gasteiger partial charge in [-0.1, -0.05) is 30.3 Å². The maximum absolute atomic E-state index is 12.4. The van der Waals surface area contributed by atoms with Gasteiger partial charge in [0.25, 0.3) is 5.91 Å². The number of hydrogen-bond acceptors (Lipinski definition) is 3. The number of benzene rings is 1. The fraction of sp³-hybridized carbons (Fsp3) is 0.333. The molecule has 5 heteroatoms. The van der Waals surface area contributed by atoms with E-state index >= 15 is 0 Å². The summed E-state index contributed by atoms with van der Waals surface area (Å²) in [4.78, 5) is 14.0. The van der Waals surface area contributed by atoms with Crippen molar-refractivity contribution in [1.29, 1.82) is 0 Å². The van der Waals surface area contributed by atoms with Crippen LogP contribution in [0.1, 0.15) is 22.5 Å². The molecule has 3 rings (SSSR count). The second kappa shape index (κ2) is 5.36. The molecule has 1 aromatic carbocycles. The third kappa shape index (κ3) is 2.52. The lowest BCUT2D eigenvalue weighted by Crippen LogP contribution is -2.26. The molecule has 0 saturated heterocycles. The fourth-order valence-electron chi connectivity index (χ4n) is 2.30. The average Bonchev–Trinajstić information content (AvgIpc) is 2.91. The van der Waals surface area contributed by atoms with Crippen LogP contribution in [0.3, 0.4) is 0 Å². The number of aromatic nitrogens is 2. The van der Waals surface area contributed by atoms with E-state index in [1.165, 1.54) is 0 Å². The van der Waals surface area contributed by atoms with E-state index < -0.39 is 0 Å². The maximum atomic E-state index is 12.4. The molecule has 0 fully saturated rings. The molecule has 1 amide bonds. The summed E-state index contributed by atoms with van der Waals surface area (Å²) >= 11 is 0. The van der Waals surface area contributed by atoms with Crippen LogP contribution in [0, 0.1) is 0 Å². The molecule has 0 bridgehead atoms. The molecule has 0 saturated carbocycles. The maximum Gasteiger partial charge on any atom is 0.274 e. The molecular formula is C15H17N3O2. The number of nitrogens with zero attached hydrogens (tertiary/aromatic N) is 3. The van der Waals surface area contributed by atoms with Crippen molar-refractivity contribution in [3.05, 3.63) is 47.7 Å². The fourth-order valence-corrected chi connectivity index (χ4v) is 2.30. The van der Waals surface area contributed by atoms with Crippen molar-refractivity contribution in [3.8, 4) is 5.88 Å². The van der Waals surface area contributed by atoms with Crippen LogP contribution in [0.25, 0.3) is 0 Å². The zero-order valence-corrected chi connectivity index (χ0v) is 11.5. The minimum absolute atomic E-state index is 0.0839. The van der Waals surface area contributed by atoms with E-state index in [9.17, 15) is 4.79 Å². The second-order valence-electron chi connectivity index (χ2n) is 4.94. The van der Waals surface area contributed by atoms with Crippen molar-refractivity contribution in [1.82, 2.24) is 14.7 Å². The molecular weight excluding hydrogens is 254 g/mol. The topological polar surface area (TPSA) is 47.4 Å². The molecule has 2 heterocycles. The van der Waals surface area contributed by atoms with Gasteiger partial charge in [0, 0.05) is 32.6 Å². The number of carbonyl (C=O) groups excluding carboxylic acids is 1. The van der Waals surface area contributed by atoms with Crippen LogP contribution in [0.2, 0.25) is 0 Å². The molecule has 20 heavy (non-hydrogen) atoms. The Morgan fingerprint density at radius 1 is 1.40 bits per heavy atom. The first kappa shape index (κ1) is 12.7. The predicted octanol–water partition coefficient (Wildman–Crippen LogP) is 1.94. The van der Waals surface area contributed by atoms with Gasteiger partial charge in [-0.2, -0.15) is 5.10 Å². The number of rotatable bonds is 3. The third-order valence-electron chi connectivity index (χ3n) is 3.34. The summed E-state index contributed by atoms with van der Waals surface area (Å²) < 4.78 is 7.24. The average molecular weight is 271 g/mol. The zero-order chi connectivity index (χ0) is 13.9. The summed E-state index contributed by atoms with van der Waals surface area (Å²) in [7, 11) is 1.79. The molecule has 0 spiro atoms. The first-order chi connectivity index (χ1) is 9.74. The Labute approximate surface area is 117 Å². The Bertz CT molecular complexity index is 583. The van der Waals surface area contributed by atoms with Crippen LogP contribution in [-0.2, 0) is 13.1 Å². The summed E-state index contributed by atoms with van der Waals surface area (Å²) in [6, 6.07) is 11.6. The molecule has 1 aliphatic heterocycles. The van der Waals surface area contributed by atoms with Crippen LogP contribution >= 0.6 is 0 Å². The number of ether oxygens (including phenoxy) is 1. The van der Waals surface area contributed by atoms with E-state index in [0.29, 0.717) is 24.7 Å². The van der Waals surface area contributed by atoms with E-state index in [4.69, 9.17) is 4.74 Å². The number of carbonyl (C=O) groups is 1. The van der Waals surface area contributed by atoms with Gasteiger partial charge in [-0.25, -0.2) is 4.68 Å². The number of fused-ring (bicyclic) bond motifs is 1. The summed E-state index contributed by atoms with van der Waals surface area (Å²) in [5.41, 5.74) is 1.55. The monoisotopic (exact) mass is 271 g/mol. The van der Waals surface area contributed by atoms with Gasteiger partial charge in [0.15, 0.2) is 5.69 Å². The van der Waals surface area contributed by atoms with E-state index in [0.717, 1.165) is 18.5 Å². The Balaban J connectivity index is 1.73. The SMILES string of the molecule is CN(Cc1ccccc1)C(=O)c1cc2n(n1)CCCO2. The van der Waals surface area contributed by atoms with Crippen molar-refractivity contribution in [3.63, 3.8) is 0 Å². The highest BCUT2D eigenvalue weighted by molar-refractivity contribution is 5.92. The van der Waals surface area contributed by atoms with E-state index in [1.807, 2.05) is 30.3 Å². The smallest absolute Gasteiger partial charge is 0.274 e. The summed E-state index contributed by atoms with van der Waals surface area (Å²) in [5, 5.41) is 4.31. The molecule has 5 nitrogen and oxygen atoms in total. The molecule has 0 radical (unpaired) electrons. The summed E-state index contributed by atoms with van der Waals surface area (Å²) in [6.45, 7) is 2.08. The lowest BCUT2D eigenvalue weighted by atomic mass is 10.2. The Morgan fingerprint density at radius 3 is 2.95 bits per heavy atom. The Kier molecular flexibility index (Phi) is 3.41. The van der Waals surface area contributed by atoms with E-state index in [2.05, 4.69) is 5.10 Å². The zero-order valence-electron chi connectivity index (χ0n) is 11.5. The molecule has 104 valence electrons. The molecule has 0 unspecified atom stereocenters. The quantitative estimate of drug-likeness (QED) is 0.857. The third-order valence-corrected chi connectivity index (χ3v) is 3.34. The van der Waals surface area contributed by atoms with Gasteiger partial charge < -0.3 is 9.64 Å². The highest BCUT2D eigenvalue weighted by Crippen LogP contribution is 2.19. The second-order valence-corrected chi connectivity index (χ2v) is 4.94. The van der Waals surface area contributed by atoms with Gasteiger partial charge in [0.05, 0.1) is 6.61 Å². The van der Waals surface area contributed by atoms with Gasteiger partial charge in [0.1, 0.15) is 0 Å². The minimum Gasteiger partial charge on any atom is -0.478 e. The Morgan fingerprint density at radius 2 is 2.20 bits per heavy atom. The standard InChI is InChI=1S/C15H17N3O2/c1-17(11-12-6-3-2-4-7-12)15(19)13-10-14-18(16-13)8-5-9-20-14/h2-4,6-7,10H,5,8-9,11H2,1H3. The van der Waals surface area contributed by atoms with Crippen molar-refractivity contribution < 1.29 is 9.53 Å². The van der Waals surface area contributed by atoms with Crippen molar-refractivity contribution >= 4 is 5.91 Å². The minimum atomic E-state index is -0.0839. The highest BCUT2D eigenvalue weighted by atomic mass is 16.5. The molecule has 2 aromatic rings. The summed E-state index contributed by atoms with van der Waals surface area (Å²) in [6.07, 6.45) is 0.933. The van der Waals surface area contributed by atoms with Gasteiger partial charge in [-0.05, 0) is 5.56 Å². The number of hydrogen-bond donors (Lipinski definition) is 0. The summed E-state index contributed by atoms with van der Waals surface area (Å²) in [5.74, 6) is 0.604. The molecule has 0 N–H and O–H groups in total. The van der Waals surface area contributed by atoms with E-state index in [-0.39, 0.29) is 5.91 Å². The molecule has 1 aliphatic rings. The Hall–Kier alpha value is -2.30. The first-order valence-electron chi connectivity index (χ1n) is 6.74. The molecule has 1 aromatic heterocycles. The number of amides is 1. The molecule has 0 aliphatic carbocycles. The van der Waals surface area contributed by atoms with Gasteiger partial charge in [-0.3, -0.25) is 4.79 Å². The van der Waals surface area contributed by atoms with Crippen LogP contribution in [0.5, 0.6) is 5.88 Å². The first-order valence-corrected chi connectivity index (χ1v) is 6.74. The van der Waals surface area contributed by atoms with Gasteiger partial charge >= 0.3 is 0 Å². The largest absolute Gasteiger partial charge is 0.478 e. The lowest BCUT2D eigenvalue weighted by molar-refractivity contribution is 0.0778. The van der Waals surface area contributed by atoms with E-state index in [1.54, 1.807) is 22.7 Å². The lowest BCUT2D eigenvalue weighted by Gasteiger charge is -2.15. The van der Waals surface area contributed by atoms with Crippen LogP contribution in [-0.4, -0.2) is 34.2 Å². The molecule has 0 atom stereocenters. The number of aryl methyl sites for hydroxylation is 1. The predicted molar refractivity (Wildman–Crippen MR) is 74.6 cm³/mol. The van der Waals surface area contributed by atoms with Crippen molar-refractivity contribution in [2.24, 2.45) is 0 Å². The van der Waals surface area contributed by atoms with Crippen molar-refractivity contribution in [2.75, 3.05) is 13.7 Å². The van der Waals surface area contributed by atoms with Crippen LogP contribution in [0.4, 0.5) is 0 Å². The van der Waals surface area contributed by atoms with Gasteiger partial charge in [0.2, 0.25) is 5.88 Å². The van der Waals surface area contributed by atoms with Crippen LogP contribution < -0.4 is 4.74 Å².